The molecule has 24 heavy (non-hydrogen) atoms. The number of aryl methyl sites for hydroxylation is 2. The van der Waals surface area contributed by atoms with E-state index in [-0.39, 0.29) is 30.3 Å². The molecule has 0 amide bonds. The zero-order valence-corrected chi connectivity index (χ0v) is 16.0. The van der Waals surface area contributed by atoms with E-state index in [1.165, 1.54) is 19.3 Å². The molecule has 0 fully saturated rings. The predicted molar refractivity (Wildman–Crippen MR) is 94.3 cm³/mol. The molecule has 1 aromatic rings. The molecular formula is C15H24N2O5S2. The highest BCUT2D eigenvalue weighted by atomic mass is 32.2. The van der Waals surface area contributed by atoms with Gasteiger partial charge in [0.2, 0.25) is 20.0 Å². The molecule has 0 unspecified atom stereocenters. The van der Waals surface area contributed by atoms with Crippen molar-refractivity contribution >= 4 is 20.0 Å². The average Bonchev–Trinajstić information content (AvgIpc) is 2.47. The number of rotatable bonds is 9. The maximum Gasteiger partial charge on any atom is 0.244 e. The van der Waals surface area contributed by atoms with Crippen LogP contribution in [0.2, 0.25) is 0 Å². The van der Waals surface area contributed by atoms with Crippen LogP contribution in [0, 0.1) is 13.8 Å². The molecule has 1 N–H and O–H groups in total. The summed E-state index contributed by atoms with van der Waals surface area (Å²) < 4.78 is 56.9. The first-order valence-electron chi connectivity index (χ1n) is 7.24. The maximum absolute atomic E-state index is 12.5. The minimum atomic E-state index is -3.82. The van der Waals surface area contributed by atoms with Gasteiger partial charge in [-0.25, -0.2) is 21.6 Å². The first-order chi connectivity index (χ1) is 11.0. The Labute approximate surface area is 144 Å². The highest BCUT2D eigenvalue weighted by Gasteiger charge is 2.22. The molecule has 0 saturated heterocycles. The van der Waals surface area contributed by atoms with Gasteiger partial charge < -0.3 is 4.74 Å². The molecule has 9 heteroatoms. The molecule has 0 atom stereocenters. The summed E-state index contributed by atoms with van der Waals surface area (Å²) in [6.45, 7) is 7.24. The SMILES string of the molecule is C=CCN(CCNS(=O)(=O)c1cc(C)c(C)cc1OC)S(C)(=O)=O. The maximum atomic E-state index is 12.5. The number of sulfonamides is 2. The average molecular weight is 377 g/mol. The largest absolute Gasteiger partial charge is 0.495 e. The summed E-state index contributed by atoms with van der Waals surface area (Å²) in [5.74, 6) is 0.247. The van der Waals surface area contributed by atoms with Gasteiger partial charge in [-0.05, 0) is 37.1 Å². The minimum Gasteiger partial charge on any atom is -0.495 e. The van der Waals surface area contributed by atoms with Crippen LogP contribution in [0.4, 0.5) is 0 Å². The smallest absolute Gasteiger partial charge is 0.244 e. The van der Waals surface area contributed by atoms with Gasteiger partial charge in [-0.2, -0.15) is 4.31 Å². The fourth-order valence-electron chi connectivity index (χ4n) is 2.05. The first kappa shape index (κ1) is 20.6. The van der Waals surface area contributed by atoms with Crippen molar-refractivity contribution in [1.29, 1.82) is 0 Å². The molecule has 0 heterocycles. The van der Waals surface area contributed by atoms with Gasteiger partial charge in [0, 0.05) is 19.6 Å². The van der Waals surface area contributed by atoms with Crippen LogP contribution in [0.25, 0.3) is 0 Å². The van der Waals surface area contributed by atoms with E-state index in [9.17, 15) is 16.8 Å². The number of nitrogens with one attached hydrogen (secondary N) is 1. The van der Waals surface area contributed by atoms with E-state index in [0.29, 0.717) is 0 Å². The molecule has 0 aliphatic rings. The lowest BCUT2D eigenvalue weighted by Gasteiger charge is -2.19. The van der Waals surface area contributed by atoms with E-state index >= 15 is 0 Å². The number of methoxy groups -OCH3 is 1. The Hall–Kier alpha value is -1.42. The second-order valence-corrected chi connectivity index (χ2v) is 9.11. The van der Waals surface area contributed by atoms with Crippen molar-refractivity contribution in [3.63, 3.8) is 0 Å². The van der Waals surface area contributed by atoms with Crippen molar-refractivity contribution < 1.29 is 21.6 Å². The molecule has 7 nitrogen and oxygen atoms in total. The molecule has 0 aliphatic heterocycles. The Kier molecular flexibility index (Phi) is 6.97. The third kappa shape index (κ3) is 5.30. The van der Waals surface area contributed by atoms with Crippen molar-refractivity contribution in [3.8, 4) is 5.75 Å². The number of ether oxygens (including phenoxy) is 1. The van der Waals surface area contributed by atoms with Crippen LogP contribution in [0.5, 0.6) is 5.75 Å². The third-order valence-electron chi connectivity index (χ3n) is 3.52. The topological polar surface area (TPSA) is 92.8 Å². The van der Waals surface area contributed by atoms with E-state index in [4.69, 9.17) is 4.74 Å². The molecular weight excluding hydrogens is 352 g/mol. The molecule has 0 aromatic heterocycles. The fraction of sp³-hybridized carbons (Fsp3) is 0.467. The Morgan fingerprint density at radius 3 is 2.29 bits per heavy atom. The second-order valence-electron chi connectivity index (χ2n) is 5.39. The lowest BCUT2D eigenvalue weighted by Crippen LogP contribution is -2.38. The molecule has 0 radical (unpaired) electrons. The summed E-state index contributed by atoms with van der Waals surface area (Å²) in [5, 5.41) is 0. The van der Waals surface area contributed by atoms with Gasteiger partial charge in [0.15, 0.2) is 0 Å². The van der Waals surface area contributed by atoms with E-state index in [0.717, 1.165) is 21.7 Å². The van der Waals surface area contributed by atoms with Gasteiger partial charge in [-0.1, -0.05) is 6.08 Å². The van der Waals surface area contributed by atoms with Gasteiger partial charge in [-0.3, -0.25) is 0 Å². The van der Waals surface area contributed by atoms with Crippen LogP contribution < -0.4 is 9.46 Å². The van der Waals surface area contributed by atoms with Gasteiger partial charge in [0.05, 0.1) is 13.4 Å². The van der Waals surface area contributed by atoms with Crippen molar-refractivity contribution in [2.24, 2.45) is 0 Å². The summed E-state index contributed by atoms with van der Waals surface area (Å²) in [6.07, 6.45) is 2.51. The lowest BCUT2D eigenvalue weighted by molar-refractivity contribution is 0.401. The van der Waals surface area contributed by atoms with Crippen LogP contribution in [-0.2, 0) is 20.0 Å². The van der Waals surface area contributed by atoms with Gasteiger partial charge in [0.25, 0.3) is 0 Å². The zero-order chi connectivity index (χ0) is 18.5. The van der Waals surface area contributed by atoms with Crippen LogP contribution in [0.1, 0.15) is 11.1 Å². The van der Waals surface area contributed by atoms with Crippen molar-refractivity contribution in [3.05, 3.63) is 35.9 Å². The quantitative estimate of drug-likeness (QED) is 0.650. The van der Waals surface area contributed by atoms with Crippen LogP contribution >= 0.6 is 0 Å². The Morgan fingerprint density at radius 1 is 1.21 bits per heavy atom. The summed E-state index contributed by atoms with van der Waals surface area (Å²) in [6, 6.07) is 3.19. The predicted octanol–water partition coefficient (Wildman–Crippen LogP) is 1.04. The van der Waals surface area contributed by atoms with Crippen molar-refractivity contribution in [1.82, 2.24) is 9.03 Å². The van der Waals surface area contributed by atoms with Crippen LogP contribution in [0.15, 0.2) is 29.7 Å². The molecule has 0 bridgehead atoms. The highest BCUT2D eigenvalue weighted by Crippen LogP contribution is 2.27. The van der Waals surface area contributed by atoms with E-state index in [1.54, 1.807) is 6.07 Å². The molecule has 1 rings (SSSR count). The second kappa shape index (κ2) is 8.11. The highest BCUT2D eigenvalue weighted by molar-refractivity contribution is 7.89. The Bertz CT molecular complexity index is 801. The Balaban J connectivity index is 2.95. The summed E-state index contributed by atoms with van der Waals surface area (Å²) in [7, 11) is -5.85. The summed E-state index contributed by atoms with van der Waals surface area (Å²) >= 11 is 0. The van der Waals surface area contributed by atoms with Crippen molar-refractivity contribution in [2.75, 3.05) is 33.0 Å². The number of hydrogen-bond donors (Lipinski definition) is 1. The molecule has 1 aromatic carbocycles. The van der Waals surface area contributed by atoms with Gasteiger partial charge in [-0.15, -0.1) is 6.58 Å². The van der Waals surface area contributed by atoms with E-state index < -0.39 is 20.0 Å². The molecule has 136 valence electrons. The first-order valence-corrected chi connectivity index (χ1v) is 10.6. The zero-order valence-electron chi connectivity index (χ0n) is 14.4. The normalized spacial score (nSPS) is 12.4. The monoisotopic (exact) mass is 376 g/mol. The summed E-state index contributed by atoms with van der Waals surface area (Å²) in [5.41, 5.74) is 1.74. The number of benzene rings is 1. The molecule has 0 saturated carbocycles. The minimum absolute atomic E-state index is 0.0112. The standard InChI is InChI=1S/C15H24N2O5S2/c1-6-8-17(23(5,18)19)9-7-16-24(20,21)15-11-13(3)12(2)10-14(15)22-4/h6,10-11,16H,1,7-9H2,2-5H3. The van der Waals surface area contributed by atoms with Gasteiger partial charge in [0.1, 0.15) is 10.6 Å². The van der Waals surface area contributed by atoms with Gasteiger partial charge >= 0.3 is 0 Å². The van der Waals surface area contributed by atoms with Crippen LogP contribution in [0.3, 0.4) is 0 Å². The lowest BCUT2D eigenvalue weighted by atomic mass is 10.1. The summed E-state index contributed by atoms with van der Waals surface area (Å²) in [4.78, 5) is 0.0303. The third-order valence-corrected chi connectivity index (χ3v) is 6.28. The Morgan fingerprint density at radius 2 is 1.79 bits per heavy atom. The number of nitrogens with zero attached hydrogens (tertiary/aromatic N) is 1. The molecule has 0 aliphatic carbocycles. The fourth-order valence-corrected chi connectivity index (χ4v) is 4.11. The molecule has 0 spiro atoms. The van der Waals surface area contributed by atoms with Crippen molar-refractivity contribution in [2.45, 2.75) is 18.7 Å². The van der Waals surface area contributed by atoms with E-state index in [2.05, 4.69) is 11.3 Å². The number of hydrogen-bond acceptors (Lipinski definition) is 5. The van der Waals surface area contributed by atoms with E-state index in [1.807, 2.05) is 13.8 Å². The van der Waals surface area contributed by atoms with Crippen LogP contribution in [-0.4, -0.2) is 54.1 Å².